The number of amides is 1. The molecule has 0 radical (unpaired) electrons. The highest BCUT2D eigenvalue weighted by atomic mass is 19.1. The summed E-state index contributed by atoms with van der Waals surface area (Å²) in [5.74, 6) is -1.06. The molecular formula is C12H14FN3O. The van der Waals surface area contributed by atoms with Crippen LogP contribution in [0.2, 0.25) is 0 Å². The van der Waals surface area contributed by atoms with Crippen LogP contribution in [0.4, 0.5) is 10.1 Å². The first-order valence-electron chi connectivity index (χ1n) is 5.33. The smallest absolute Gasteiger partial charge is 0.228 e. The van der Waals surface area contributed by atoms with E-state index in [0.717, 1.165) is 6.07 Å². The van der Waals surface area contributed by atoms with Crippen LogP contribution in [0, 0.1) is 23.1 Å². The average molecular weight is 235 g/mol. The van der Waals surface area contributed by atoms with Gasteiger partial charge in [-0.15, -0.1) is 0 Å². The van der Waals surface area contributed by atoms with Crippen molar-refractivity contribution in [1.29, 1.82) is 5.26 Å². The summed E-state index contributed by atoms with van der Waals surface area (Å²) < 4.78 is 12.9. The molecule has 1 unspecified atom stereocenters. The van der Waals surface area contributed by atoms with E-state index in [4.69, 9.17) is 11.0 Å². The summed E-state index contributed by atoms with van der Waals surface area (Å²) in [6.07, 6.45) is 0.616. The van der Waals surface area contributed by atoms with E-state index >= 15 is 0 Å². The van der Waals surface area contributed by atoms with Crippen molar-refractivity contribution in [2.24, 2.45) is 11.7 Å². The van der Waals surface area contributed by atoms with Crippen molar-refractivity contribution in [2.45, 2.75) is 13.3 Å². The van der Waals surface area contributed by atoms with Crippen LogP contribution in [-0.2, 0) is 4.79 Å². The van der Waals surface area contributed by atoms with Crippen LogP contribution < -0.4 is 11.1 Å². The van der Waals surface area contributed by atoms with Gasteiger partial charge in [-0.25, -0.2) is 4.39 Å². The zero-order chi connectivity index (χ0) is 12.8. The van der Waals surface area contributed by atoms with E-state index in [0.29, 0.717) is 12.1 Å². The molecule has 0 heterocycles. The van der Waals surface area contributed by atoms with Gasteiger partial charge in [0, 0.05) is 6.54 Å². The molecule has 4 nitrogen and oxygen atoms in total. The molecule has 0 saturated carbocycles. The lowest BCUT2D eigenvalue weighted by Crippen LogP contribution is -2.28. The second-order valence-electron chi connectivity index (χ2n) is 3.63. The topological polar surface area (TPSA) is 78.9 Å². The third-order valence-electron chi connectivity index (χ3n) is 2.51. The lowest BCUT2D eigenvalue weighted by atomic mass is 10.1. The molecule has 0 aliphatic carbocycles. The van der Waals surface area contributed by atoms with Gasteiger partial charge in [-0.3, -0.25) is 4.79 Å². The molecule has 3 N–H and O–H groups in total. The van der Waals surface area contributed by atoms with E-state index < -0.39 is 5.82 Å². The summed E-state index contributed by atoms with van der Waals surface area (Å²) in [5.41, 5.74) is 5.86. The summed E-state index contributed by atoms with van der Waals surface area (Å²) in [5, 5.41) is 11.4. The number of carbonyl (C=O) groups excluding carboxylic acids is 1. The molecule has 90 valence electrons. The molecule has 1 aromatic rings. The molecular weight excluding hydrogens is 221 g/mol. The second-order valence-corrected chi connectivity index (χ2v) is 3.63. The van der Waals surface area contributed by atoms with Gasteiger partial charge >= 0.3 is 0 Å². The molecule has 5 heteroatoms. The summed E-state index contributed by atoms with van der Waals surface area (Å²) >= 11 is 0. The van der Waals surface area contributed by atoms with Crippen molar-refractivity contribution in [2.75, 3.05) is 11.9 Å². The van der Waals surface area contributed by atoms with Gasteiger partial charge in [0.15, 0.2) is 0 Å². The lowest BCUT2D eigenvalue weighted by molar-refractivity contribution is -0.119. The number of rotatable bonds is 4. The quantitative estimate of drug-likeness (QED) is 0.832. The molecule has 0 aliphatic rings. The van der Waals surface area contributed by atoms with E-state index in [9.17, 15) is 9.18 Å². The zero-order valence-electron chi connectivity index (χ0n) is 9.53. The molecule has 0 aliphatic heterocycles. The molecule has 1 rings (SSSR count). The van der Waals surface area contributed by atoms with Gasteiger partial charge in [0.05, 0.1) is 17.2 Å². The Labute approximate surface area is 99.2 Å². The van der Waals surface area contributed by atoms with Gasteiger partial charge in [-0.2, -0.15) is 5.26 Å². The molecule has 0 spiro atoms. The summed E-state index contributed by atoms with van der Waals surface area (Å²) in [6.45, 7) is 2.10. The Morgan fingerprint density at radius 2 is 2.35 bits per heavy atom. The normalized spacial score (nSPS) is 11.6. The minimum atomic E-state index is -0.509. The number of anilines is 1. The maximum Gasteiger partial charge on any atom is 0.228 e. The number of nitrogens with two attached hydrogens (primary N) is 1. The largest absolute Gasteiger partial charge is 0.330 e. The van der Waals surface area contributed by atoms with E-state index in [2.05, 4.69) is 5.32 Å². The number of nitriles is 1. The third kappa shape index (κ3) is 3.26. The van der Waals surface area contributed by atoms with Gasteiger partial charge < -0.3 is 11.1 Å². The van der Waals surface area contributed by atoms with Crippen LogP contribution in [0.5, 0.6) is 0 Å². The van der Waals surface area contributed by atoms with Crippen LogP contribution >= 0.6 is 0 Å². The molecule has 1 aromatic carbocycles. The van der Waals surface area contributed by atoms with Crippen LogP contribution in [0.25, 0.3) is 0 Å². The van der Waals surface area contributed by atoms with Gasteiger partial charge in [-0.1, -0.05) is 6.92 Å². The number of hydrogen-bond donors (Lipinski definition) is 2. The van der Waals surface area contributed by atoms with E-state index in [1.165, 1.54) is 12.1 Å². The fourth-order valence-corrected chi connectivity index (χ4v) is 1.41. The van der Waals surface area contributed by atoms with E-state index in [1.54, 1.807) is 0 Å². The first-order chi connectivity index (χ1) is 8.12. The molecule has 0 fully saturated rings. The summed E-state index contributed by atoms with van der Waals surface area (Å²) in [7, 11) is 0. The predicted molar refractivity (Wildman–Crippen MR) is 62.6 cm³/mol. The van der Waals surface area contributed by atoms with Crippen LogP contribution in [0.1, 0.15) is 18.9 Å². The monoisotopic (exact) mass is 235 g/mol. The Balaban J connectivity index is 2.89. The molecule has 1 amide bonds. The van der Waals surface area contributed by atoms with Gasteiger partial charge in [0.25, 0.3) is 0 Å². The van der Waals surface area contributed by atoms with Gasteiger partial charge in [0.1, 0.15) is 11.9 Å². The number of halogens is 1. The third-order valence-corrected chi connectivity index (χ3v) is 2.51. The van der Waals surface area contributed by atoms with Crippen molar-refractivity contribution in [3.8, 4) is 6.07 Å². The second kappa shape index (κ2) is 5.97. The van der Waals surface area contributed by atoms with E-state index in [1.807, 2.05) is 13.0 Å². The van der Waals surface area contributed by atoms with Crippen LogP contribution in [0.15, 0.2) is 18.2 Å². The van der Waals surface area contributed by atoms with E-state index in [-0.39, 0.29) is 23.9 Å². The fourth-order valence-electron chi connectivity index (χ4n) is 1.41. The maximum absolute atomic E-state index is 12.9. The fraction of sp³-hybridized carbons (Fsp3) is 0.333. The highest BCUT2D eigenvalue weighted by Crippen LogP contribution is 2.17. The number of hydrogen-bond acceptors (Lipinski definition) is 3. The Hall–Kier alpha value is -1.93. The first kappa shape index (κ1) is 13.1. The van der Waals surface area contributed by atoms with Crippen LogP contribution in [0.3, 0.4) is 0 Å². The van der Waals surface area contributed by atoms with Crippen molar-refractivity contribution < 1.29 is 9.18 Å². The predicted octanol–water partition coefficient (Wildman–Crippen LogP) is 1.62. The SMILES string of the molecule is CCC(CN)C(=O)Nc1ccc(F)cc1C#N. The van der Waals surface area contributed by atoms with Gasteiger partial charge in [0.2, 0.25) is 5.91 Å². The Morgan fingerprint density at radius 3 is 2.88 bits per heavy atom. The minimum Gasteiger partial charge on any atom is -0.330 e. The summed E-state index contributed by atoms with van der Waals surface area (Å²) in [6, 6.07) is 5.48. The number of nitrogens with zero attached hydrogens (tertiary/aromatic N) is 1. The Morgan fingerprint density at radius 1 is 1.65 bits per heavy atom. The lowest BCUT2D eigenvalue weighted by Gasteiger charge is -2.13. The number of benzene rings is 1. The van der Waals surface area contributed by atoms with Crippen molar-refractivity contribution in [1.82, 2.24) is 0 Å². The standard InChI is InChI=1S/C12H14FN3O/c1-2-8(6-14)12(17)16-11-4-3-10(13)5-9(11)7-15/h3-5,8H,2,6,14H2,1H3,(H,16,17). The Bertz CT molecular complexity index is 450. The molecule has 0 saturated heterocycles. The molecule has 0 aromatic heterocycles. The molecule has 0 bridgehead atoms. The number of carbonyl (C=O) groups is 1. The van der Waals surface area contributed by atoms with Crippen molar-refractivity contribution >= 4 is 11.6 Å². The highest BCUT2D eigenvalue weighted by molar-refractivity contribution is 5.93. The van der Waals surface area contributed by atoms with Crippen LogP contribution in [-0.4, -0.2) is 12.5 Å². The molecule has 1 atom stereocenters. The number of nitrogens with one attached hydrogen (secondary N) is 1. The highest BCUT2D eigenvalue weighted by Gasteiger charge is 2.16. The first-order valence-corrected chi connectivity index (χ1v) is 5.33. The molecule has 17 heavy (non-hydrogen) atoms. The zero-order valence-corrected chi connectivity index (χ0v) is 9.53. The van der Waals surface area contributed by atoms with Gasteiger partial charge in [-0.05, 0) is 24.6 Å². The summed E-state index contributed by atoms with van der Waals surface area (Å²) in [4.78, 5) is 11.7. The average Bonchev–Trinajstić information content (AvgIpc) is 2.33. The minimum absolute atomic E-state index is 0.102. The van der Waals surface area contributed by atoms with Crippen molar-refractivity contribution in [3.63, 3.8) is 0 Å². The Kier molecular flexibility index (Phi) is 4.61. The maximum atomic E-state index is 12.9. The van der Waals surface area contributed by atoms with Crippen molar-refractivity contribution in [3.05, 3.63) is 29.6 Å².